The predicted octanol–water partition coefficient (Wildman–Crippen LogP) is 1.76. The van der Waals surface area contributed by atoms with Crippen molar-refractivity contribution in [3.05, 3.63) is 11.9 Å². The highest BCUT2D eigenvalue weighted by molar-refractivity contribution is 4.91. The molecule has 0 aliphatic carbocycles. The molecule has 0 bridgehead atoms. The molecule has 1 fully saturated rings. The van der Waals surface area contributed by atoms with Gasteiger partial charge >= 0.3 is 0 Å². The number of likely N-dealkylation sites (tertiary alicyclic amines) is 1. The van der Waals surface area contributed by atoms with Gasteiger partial charge in [0.05, 0.1) is 12.2 Å². The van der Waals surface area contributed by atoms with E-state index in [1.54, 1.807) is 0 Å². The van der Waals surface area contributed by atoms with Gasteiger partial charge in [-0.25, -0.2) is 0 Å². The predicted molar refractivity (Wildman–Crippen MR) is 81.4 cm³/mol. The zero-order valence-electron chi connectivity index (χ0n) is 13.2. The van der Waals surface area contributed by atoms with Crippen LogP contribution >= 0.6 is 0 Å². The Labute approximate surface area is 122 Å². The van der Waals surface area contributed by atoms with Gasteiger partial charge in [-0.05, 0) is 44.3 Å². The molecule has 1 aliphatic rings. The molecule has 1 aromatic rings. The highest BCUT2D eigenvalue weighted by Crippen LogP contribution is 2.24. The molecule has 0 amide bonds. The maximum absolute atomic E-state index is 4.20. The Morgan fingerprint density at radius 2 is 2.05 bits per heavy atom. The van der Waals surface area contributed by atoms with Gasteiger partial charge in [-0.2, -0.15) is 0 Å². The maximum atomic E-state index is 4.20. The monoisotopic (exact) mass is 279 g/mol. The van der Waals surface area contributed by atoms with E-state index in [4.69, 9.17) is 0 Å². The van der Waals surface area contributed by atoms with E-state index in [0.29, 0.717) is 0 Å². The molecule has 0 unspecified atom stereocenters. The van der Waals surface area contributed by atoms with Crippen LogP contribution in [0.4, 0.5) is 0 Å². The molecule has 114 valence electrons. The lowest BCUT2D eigenvalue weighted by Gasteiger charge is -2.33. The normalized spacial score (nSPS) is 18.0. The fourth-order valence-electron chi connectivity index (χ4n) is 2.87. The SMILES string of the molecule is CCNCc1cn(CCN2CCC(C(C)C)CC2)nn1. The van der Waals surface area contributed by atoms with Crippen molar-refractivity contribution < 1.29 is 0 Å². The van der Waals surface area contributed by atoms with Gasteiger partial charge in [0.2, 0.25) is 0 Å². The molecule has 1 aliphatic heterocycles. The molecule has 20 heavy (non-hydrogen) atoms. The summed E-state index contributed by atoms with van der Waals surface area (Å²) in [5, 5.41) is 11.7. The molecule has 2 heterocycles. The van der Waals surface area contributed by atoms with Crippen LogP contribution in [0.2, 0.25) is 0 Å². The largest absolute Gasteiger partial charge is 0.311 e. The number of rotatable bonds is 7. The molecular formula is C15H29N5. The van der Waals surface area contributed by atoms with E-state index in [1.807, 2.05) is 4.68 Å². The number of hydrogen-bond donors (Lipinski definition) is 1. The number of aromatic nitrogens is 3. The molecule has 1 saturated heterocycles. The summed E-state index contributed by atoms with van der Waals surface area (Å²) in [6.45, 7) is 13.1. The molecule has 1 aromatic heterocycles. The van der Waals surface area contributed by atoms with Gasteiger partial charge in [0, 0.05) is 19.3 Å². The Balaban J connectivity index is 1.69. The lowest BCUT2D eigenvalue weighted by Crippen LogP contribution is -2.37. The van der Waals surface area contributed by atoms with Gasteiger partial charge in [-0.15, -0.1) is 5.10 Å². The molecule has 0 radical (unpaired) electrons. The highest BCUT2D eigenvalue weighted by Gasteiger charge is 2.21. The molecule has 2 rings (SSSR count). The smallest absolute Gasteiger partial charge is 0.0964 e. The third kappa shape index (κ3) is 4.56. The zero-order valence-corrected chi connectivity index (χ0v) is 13.2. The Morgan fingerprint density at radius 3 is 2.70 bits per heavy atom. The van der Waals surface area contributed by atoms with E-state index < -0.39 is 0 Å². The van der Waals surface area contributed by atoms with Crippen molar-refractivity contribution in [2.45, 2.75) is 46.7 Å². The molecule has 0 aromatic carbocycles. The maximum Gasteiger partial charge on any atom is 0.0964 e. The summed E-state index contributed by atoms with van der Waals surface area (Å²) in [6.07, 6.45) is 4.75. The van der Waals surface area contributed by atoms with Crippen molar-refractivity contribution in [3.63, 3.8) is 0 Å². The number of nitrogens with zero attached hydrogens (tertiary/aromatic N) is 4. The molecule has 0 saturated carbocycles. The number of hydrogen-bond acceptors (Lipinski definition) is 4. The summed E-state index contributed by atoms with van der Waals surface area (Å²) in [5.41, 5.74) is 1.03. The molecular weight excluding hydrogens is 250 g/mol. The van der Waals surface area contributed by atoms with Crippen LogP contribution in [-0.2, 0) is 13.1 Å². The van der Waals surface area contributed by atoms with Crippen LogP contribution in [0.5, 0.6) is 0 Å². The summed E-state index contributed by atoms with van der Waals surface area (Å²) < 4.78 is 1.97. The lowest BCUT2D eigenvalue weighted by atomic mass is 9.87. The first-order chi connectivity index (χ1) is 9.69. The van der Waals surface area contributed by atoms with E-state index >= 15 is 0 Å². The Hall–Kier alpha value is -0.940. The summed E-state index contributed by atoms with van der Waals surface area (Å²) >= 11 is 0. The van der Waals surface area contributed by atoms with Crippen LogP contribution in [0, 0.1) is 11.8 Å². The molecule has 1 N–H and O–H groups in total. The first kappa shape index (κ1) is 15.4. The fourth-order valence-corrected chi connectivity index (χ4v) is 2.87. The zero-order chi connectivity index (χ0) is 14.4. The Morgan fingerprint density at radius 1 is 1.30 bits per heavy atom. The summed E-state index contributed by atoms with van der Waals surface area (Å²) in [6, 6.07) is 0. The van der Waals surface area contributed by atoms with Crippen LogP contribution in [0.25, 0.3) is 0 Å². The van der Waals surface area contributed by atoms with Crippen molar-refractivity contribution in [2.75, 3.05) is 26.2 Å². The Bertz CT molecular complexity index is 379. The van der Waals surface area contributed by atoms with Crippen molar-refractivity contribution in [3.8, 4) is 0 Å². The van der Waals surface area contributed by atoms with Gasteiger partial charge in [0.15, 0.2) is 0 Å². The second kappa shape index (κ2) is 7.74. The molecule has 0 spiro atoms. The molecule has 5 heteroatoms. The fraction of sp³-hybridized carbons (Fsp3) is 0.867. The highest BCUT2D eigenvalue weighted by atomic mass is 15.4. The lowest BCUT2D eigenvalue weighted by molar-refractivity contribution is 0.152. The average Bonchev–Trinajstić information content (AvgIpc) is 2.91. The van der Waals surface area contributed by atoms with Crippen LogP contribution in [-0.4, -0.2) is 46.1 Å². The van der Waals surface area contributed by atoms with Crippen molar-refractivity contribution in [2.24, 2.45) is 11.8 Å². The minimum atomic E-state index is 0.816. The van der Waals surface area contributed by atoms with Gasteiger partial charge in [0.25, 0.3) is 0 Å². The van der Waals surface area contributed by atoms with Crippen molar-refractivity contribution >= 4 is 0 Å². The average molecular weight is 279 g/mol. The van der Waals surface area contributed by atoms with Crippen molar-refractivity contribution in [1.82, 2.24) is 25.2 Å². The topological polar surface area (TPSA) is 46.0 Å². The second-order valence-corrected chi connectivity index (χ2v) is 6.18. The van der Waals surface area contributed by atoms with E-state index in [2.05, 4.69) is 47.5 Å². The number of nitrogens with one attached hydrogen (secondary N) is 1. The summed E-state index contributed by atoms with van der Waals surface area (Å²) in [5.74, 6) is 1.76. The van der Waals surface area contributed by atoms with E-state index in [1.165, 1.54) is 25.9 Å². The van der Waals surface area contributed by atoms with Gasteiger partial charge in [-0.1, -0.05) is 26.0 Å². The second-order valence-electron chi connectivity index (χ2n) is 6.18. The quantitative estimate of drug-likeness (QED) is 0.826. The van der Waals surface area contributed by atoms with Crippen LogP contribution in [0.1, 0.15) is 39.3 Å². The number of piperidine rings is 1. The minimum absolute atomic E-state index is 0.816. The Kier molecular flexibility index (Phi) is 5.98. The van der Waals surface area contributed by atoms with E-state index in [-0.39, 0.29) is 0 Å². The first-order valence-corrected chi connectivity index (χ1v) is 8.01. The van der Waals surface area contributed by atoms with Gasteiger partial charge in [-0.3, -0.25) is 4.68 Å². The molecule has 5 nitrogen and oxygen atoms in total. The van der Waals surface area contributed by atoms with Crippen LogP contribution in [0.3, 0.4) is 0 Å². The third-order valence-electron chi connectivity index (χ3n) is 4.36. The van der Waals surface area contributed by atoms with Crippen LogP contribution < -0.4 is 5.32 Å². The van der Waals surface area contributed by atoms with Crippen LogP contribution in [0.15, 0.2) is 6.20 Å². The minimum Gasteiger partial charge on any atom is -0.311 e. The molecule has 0 atom stereocenters. The van der Waals surface area contributed by atoms with Gasteiger partial charge < -0.3 is 10.2 Å². The summed E-state index contributed by atoms with van der Waals surface area (Å²) in [4.78, 5) is 2.56. The first-order valence-electron chi connectivity index (χ1n) is 8.01. The van der Waals surface area contributed by atoms with E-state index in [0.717, 1.165) is 43.7 Å². The third-order valence-corrected chi connectivity index (χ3v) is 4.36. The summed E-state index contributed by atoms with van der Waals surface area (Å²) in [7, 11) is 0. The standard InChI is InChI=1S/C15H29N5/c1-4-16-11-15-12-20(18-17-15)10-9-19-7-5-14(6-8-19)13(2)3/h12-14,16H,4-11H2,1-3H3. The van der Waals surface area contributed by atoms with E-state index in [9.17, 15) is 0 Å². The van der Waals surface area contributed by atoms with Crippen molar-refractivity contribution in [1.29, 1.82) is 0 Å². The van der Waals surface area contributed by atoms with Gasteiger partial charge in [0.1, 0.15) is 0 Å².